The highest BCUT2D eigenvalue weighted by molar-refractivity contribution is 5.06. The van der Waals surface area contributed by atoms with Crippen LogP contribution in [0.3, 0.4) is 0 Å². The molecule has 1 rings (SSSR count). The van der Waals surface area contributed by atoms with Crippen LogP contribution in [-0.4, -0.2) is 9.78 Å². The highest BCUT2D eigenvalue weighted by Gasteiger charge is 2.10. The average molecular weight is 265 g/mol. The zero-order chi connectivity index (χ0) is 13.9. The van der Waals surface area contributed by atoms with Crippen LogP contribution in [0.15, 0.2) is 12.3 Å². The Labute approximate surface area is 118 Å². The zero-order valence-corrected chi connectivity index (χ0v) is 12.8. The predicted octanol–water partition coefficient (Wildman–Crippen LogP) is 4.43. The van der Waals surface area contributed by atoms with E-state index < -0.39 is 0 Å². The van der Waals surface area contributed by atoms with E-state index in [1.54, 1.807) is 0 Å². The third-order valence-corrected chi connectivity index (χ3v) is 3.68. The van der Waals surface area contributed by atoms with Crippen LogP contribution in [0.1, 0.15) is 83.4 Å². The summed E-state index contributed by atoms with van der Waals surface area (Å²) in [5.74, 6) is 0. The highest BCUT2D eigenvalue weighted by Crippen LogP contribution is 2.18. The Morgan fingerprint density at radius 1 is 1.05 bits per heavy atom. The topological polar surface area (TPSA) is 43.8 Å². The van der Waals surface area contributed by atoms with Gasteiger partial charge in [-0.2, -0.15) is 5.10 Å². The Hall–Kier alpha value is -0.830. The fourth-order valence-corrected chi connectivity index (χ4v) is 2.53. The van der Waals surface area contributed by atoms with Crippen molar-refractivity contribution in [3.05, 3.63) is 18.0 Å². The number of nitrogens with zero attached hydrogens (tertiary/aromatic N) is 2. The quantitative estimate of drug-likeness (QED) is 0.601. The molecule has 0 amide bonds. The summed E-state index contributed by atoms with van der Waals surface area (Å²) in [5, 5.41) is 4.34. The summed E-state index contributed by atoms with van der Waals surface area (Å²) in [5.41, 5.74) is 7.47. The number of rotatable bonds is 11. The number of unbranched alkanes of at least 4 members (excludes halogenated alkanes) is 6. The fourth-order valence-electron chi connectivity index (χ4n) is 2.53. The molecule has 1 atom stereocenters. The summed E-state index contributed by atoms with van der Waals surface area (Å²) in [6.45, 7) is 5.42. The van der Waals surface area contributed by atoms with Crippen molar-refractivity contribution >= 4 is 0 Å². The van der Waals surface area contributed by atoms with Crippen LogP contribution in [0, 0.1) is 0 Å². The van der Waals surface area contributed by atoms with Gasteiger partial charge in [0.05, 0.1) is 5.69 Å². The molecule has 110 valence electrons. The number of hydrogen-bond acceptors (Lipinski definition) is 2. The Kier molecular flexibility index (Phi) is 8.55. The molecule has 0 radical (unpaired) electrons. The van der Waals surface area contributed by atoms with Crippen LogP contribution in [0.5, 0.6) is 0 Å². The molecule has 1 aromatic heterocycles. The fraction of sp³-hybridized carbons (Fsp3) is 0.812. The smallest absolute Gasteiger partial charge is 0.0551 e. The standard InChI is InChI=1S/C16H31N3/c1-3-5-6-7-8-9-10-11-15(17)16-12-13-18-19(16)14-4-2/h12-13,15H,3-11,14,17H2,1-2H3. The van der Waals surface area contributed by atoms with Crippen molar-refractivity contribution in [3.63, 3.8) is 0 Å². The van der Waals surface area contributed by atoms with Crippen LogP contribution < -0.4 is 5.73 Å². The second-order valence-electron chi connectivity index (χ2n) is 5.50. The number of aromatic nitrogens is 2. The van der Waals surface area contributed by atoms with Gasteiger partial charge in [-0.05, 0) is 18.9 Å². The van der Waals surface area contributed by atoms with Gasteiger partial charge in [0, 0.05) is 18.8 Å². The van der Waals surface area contributed by atoms with E-state index >= 15 is 0 Å². The Morgan fingerprint density at radius 2 is 1.74 bits per heavy atom. The van der Waals surface area contributed by atoms with Gasteiger partial charge in [-0.25, -0.2) is 0 Å². The lowest BCUT2D eigenvalue weighted by Gasteiger charge is -2.13. The first-order valence-electron chi connectivity index (χ1n) is 8.06. The van der Waals surface area contributed by atoms with E-state index in [-0.39, 0.29) is 6.04 Å². The summed E-state index contributed by atoms with van der Waals surface area (Å²) < 4.78 is 2.06. The third kappa shape index (κ3) is 6.24. The molecule has 2 N–H and O–H groups in total. The second kappa shape index (κ2) is 10.0. The monoisotopic (exact) mass is 265 g/mol. The highest BCUT2D eigenvalue weighted by atomic mass is 15.3. The lowest BCUT2D eigenvalue weighted by atomic mass is 10.0. The van der Waals surface area contributed by atoms with Crippen LogP contribution >= 0.6 is 0 Å². The summed E-state index contributed by atoms with van der Waals surface area (Å²) >= 11 is 0. The maximum atomic E-state index is 6.27. The number of nitrogens with two attached hydrogens (primary N) is 1. The van der Waals surface area contributed by atoms with Crippen molar-refractivity contribution in [2.75, 3.05) is 0 Å². The predicted molar refractivity (Wildman–Crippen MR) is 82.1 cm³/mol. The van der Waals surface area contributed by atoms with Gasteiger partial charge in [0.25, 0.3) is 0 Å². The largest absolute Gasteiger partial charge is 0.323 e. The molecule has 0 aliphatic heterocycles. The first-order chi connectivity index (χ1) is 9.29. The molecular formula is C16H31N3. The molecule has 0 bridgehead atoms. The van der Waals surface area contributed by atoms with Crippen molar-refractivity contribution in [3.8, 4) is 0 Å². The lowest BCUT2D eigenvalue weighted by molar-refractivity contribution is 0.495. The van der Waals surface area contributed by atoms with Crippen molar-refractivity contribution < 1.29 is 0 Å². The van der Waals surface area contributed by atoms with Gasteiger partial charge in [0.1, 0.15) is 0 Å². The van der Waals surface area contributed by atoms with Crippen molar-refractivity contribution in [2.45, 2.75) is 84.2 Å². The van der Waals surface area contributed by atoms with Gasteiger partial charge in [-0.3, -0.25) is 4.68 Å². The van der Waals surface area contributed by atoms with Crippen LogP contribution in [-0.2, 0) is 6.54 Å². The minimum absolute atomic E-state index is 0.157. The molecule has 0 aliphatic carbocycles. The van der Waals surface area contributed by atoms with E-state index in [0.29, 0.717) is 0 Å². The molecule has 0 saturated carbocycles. The van der Waals surface area contributed by atoms with E-state index in [0.717, 1.165) is 19.4 Å². The SMILES string of the molecule is CCCCCCCCCC(N)c1ccnn1CCC. The summed E-state index contributed by atoms with van der Waals surface area (Å²) in [6.07, 6.45) is 13.5. The average Bonchev–Trinajstić information content (AvgIpc) is 2.86. The maximum absolute atomic E-state index is 6.27. The van der Waals surface area contributed by atoms with E-state index in [4.69, 9.17) is 5.73 Å². The first kappa shape index (κ1) is 16.2. The van der Waals surface area contributed by atoms with Crippen molar-refractivity contribution in [1.82, 2.24) is 9.78 Å². The Balaban J connectivity index is 2.16. The molecule has 1 unspecified atom stereocenters. The van der Waals surface area contributed by atoms with Gasteiger partial charge in [0.15, 0.2) is 0 Å². The number of aryl methyl sites for hydroxylation is 1. The van der Waals surface area contributed by atoms with Crippen LogP contribution in [0.2, 0.25) is 0 Å². The Morgan fingerprint density at radius 3 is 2.42 bits per heavy atom. The van der Waals surface area contributed by atoms with Gasteiger partial charge < -0.3 is 5.73 Å². The van der Waals surface area contributed by atoms with E-state index in [1.807, 2.05) is 6.20 Å². The molecule has 1 aromatic rings. The van der Waals surface area contributed by atoms with Crippen LogP contribution in [0.25, 0.3) is 0 Å². The second-order valence-corrected chi connectivity index (χ2v) is 5.50. The molecule has 19 heavy (non-hydrogen) atoms. The first-order valence-corrected chi connectivity index (χ1v) is 8.06. The van der Waals surface area contributed by atoms with Gasteiger partial charge in [0.2, 0.25) is 0 Å². The van der Waals surface area contributed by atoms with Crippen molar-refractivity contribution in [2.24, 2.45) is 5.73 Å². The minimum Gasteiger partial charge on any atom is -0.323 e. The van der Waals surface area contributed by atoms with E-state index in [9.17, 15) is 0 Å². The van der Waals surface area contributed by atoms with E-state index in [2.05, 4.69) is 29.7 Å². The molecule has 0 aliphatic rings. The van der Waals surface area contributed by atoms with Crippen LogP contribution in [0.4, 0.5) is 0 Å². The maximum Gasteiger partial charge on any atom is 0.0551 e. The molecule has 1 heterocycles. The summed E-state index contributed by atoms with van der Waals surface area (Å²) in [4.78, 5) is 0. The van der Waals surface area contributed by atoms with E-state index in [1.165, 1.54) is 50.6 Å². The molecule has 3 heteroatoms. The zero-order valence-electron chi connectivity index (χ0n) is 12.8. The molecular weight excluding hydrogens is 234 g/mol. The molecule has 0 spiro atoms. The van der Waals surface area contributed by atoms with Gasteiger partial charge >= 0.3 is 0 Å². The minimum atomic E-state index is 0.157. The molecule has 0 saturated heterocycles. The van der Waals surface area contributed by atoms with Gasteiger partial charge in [-0.15, -0.1) is 0 Å². The normalized spacial score (nSPS) is 12.8. The molecule has 0 fully saturated rings. The van der Waals surface area contributed by atoms with Crippen molar-refractivity contribution in [1.29, 1.82) is 0 Å². The lowest BCUT2D eigenvalue weighted by Crippen LogP contribution is -2.16. The Bertz CT molecular complexity index is 320. The third-order valence-electron chi connectivity index (χ3n) is 3.68. The molecule has 3 nitrogen and oxygen atoms in total. The summed E-state index contributed by atoms with van der Waals surface area (Å²) in [7, 11) is 0. The number of hydrogen-bond donors (Lipinski definition) is 1. The van der Waals surface area contributed by atoms with Gasteiger partial charge in [-0.1, -0.05) is 58.8 Å². The summed E-state index contributed by atoms with van der Waals surface area (Å²) in [6, 6.07) is 2.23. The molecule has 0 aromatic carbocycles.